The molecule has 0 aliphatic carbocycles. The second-order valence-corrected chi connectivity index (χ2v) is 8.66. The number of benzene rings is 1. The lowest BCUT2D eigenvalue weighted by Gasteiger charge is -2.20. The zero-order valence-corrected chi connectivity index (χ0v) is 17.8. The molecule has 0 radical (unpaired) electrons. The van der Waals surface area contributed by atoms with Crippen LogP contribution in [0.2, 0.25) is 0 Å². The van der Waals surface area contributed by atoms with Crippen LogP contribution < -0.4 is 10.6 Å². The quantitative estimate of drug-likeness (QED) is 0.438. The van der Waals surface area contributed by atoms with E-state index < -0.39 is 6.10 Å². The van der Waals surface area contributed by atoms with Gasteiger partial charge in [0.25, 0.3) is 0 Å². The number of aliphatic hydroxyl groups excluding tert-OH is 1. The Balaban J connectivity index is 1.59. The minimum Gasteiger partial charge on any atom is -0.387 e. The number of guanidine groups is 1. The number of nitrogens with zero attached hydrogens (tertiary/aromatic N) is 3. The van der Waals surface area contributed by atoms with Crippen molar-refractivity contribution in [3.63, 3.8) is 0 Å². The van der Waals surface area contributed by atoms with Crippen molar-refractivity contribution in [2.45, 2.75) is 45.8 Å². The van der Waals surface area contributed by atoms with Crippen LogP contribution in [0.5, 0.6) is 0 Å². The van der Waals surface area contributed by atoms with Crippen molar-refractivity contribution >= 4 is 22.3 Å². The first-order chi connectivity index (χ1) is 13.4. The zero-order valence-electron chi connectivity index (χ0n) is 16.9. The molecule has 3 aromatic rings. The minimum absolute atomic E-state index is 0.105. The summed E-state index contributed by atoms with van der Waals surface area (Å²) in [7, 11) is 0. The van der Waals surface area contributed by atoms with Crippen LogP contribution in [-0.2, 0) is 12.0 Å². The van der Waals surface area contributed by atoms with Gasteiger partial charge in [-0.15, -0.1) is 11.3 Å². The molecule has 6 nitrogen and oxygen atoms in total. The van der Waals surface area contributed by atoms with Crippen molar-refractivity contribution in [1.82, 2.24) is 20.0 Å². The van der Waals surface area contributed by atoms with Gasteiger partial charge >= 0.3 is 0 Å². The van der Waals surface area contributed by atoms with Gasteiger partial charge < -0.3 is 15.7 Å². The molecule has 0 amide bonds. The Morgan fingerprint density at radius 3 is 2.64 bits per heavy atom. The predicted molar refractivity (Wildman–Crippen MR) is 116 cm³/mol. The first kappa shape index (κ1) is 20.4. The minimum atomic E-state index is -0.601. The molecule has 0 bridgehead atoms. The molecule has 0 fully saturated rings. The molecule has 1 atom stereocenters. The second kappa shape index (κ2) is 8.75. The molecule has 2 heterocycles. The van der Waals surface area contributed by atoms with Crippen molar-refractivity contribution in [1.29, 1.82) is 0 Å². The van der Waals surface area contributed by atoms with Crippen LogP contribution in [0.15, 0.2) is 47.0 Å². The first-order valence-corrected chi connectivity index (χ1v) is 10.5. The average Bonchev–Trinajstić information content (AvgIpc) is 3.25. The lowest BCUT2D eigenvalue weighted by atomic mass is 9.86. The molecule has 150 valence electrons. The third-order valence-electron chi connectivity index (χ3n) is 4.51. The Bertz CT molecular complexity index is 892. The molecule has 0 aliphatic rings. The molecule has 2 aromatic heterocycles. The smallest absolute Gasteiger partial charge is 0.193 e. The first-order valence-electron chi connectivity index (χ1n) is 9.58. The molecule has 0 aliphatic heterocycles. The highest BCUT2D eigenvalue weighted by Gasteiger charge is 2.15. The predicted octanol–water partition coefficient (Wildman–Crippen LogP) is 3.48. The molecule has 3 rings (SSSR count). The molecule has 3 N–H and O–H groups in total. The molecular formula is C21H29N5OS. The summed E-state index contributed by atoms with van der Waals surface area (Å²) in [5, 5.41) is 19.0. The van der Waals surface area contributed by atoms with E-state index in [1.54, 1.807) is 11.3 Å². The molecule has 7 heteroatoms. The van der Waals surface area contributed by atoms with Gasteiger partial charge in [-0.3, -0.25) is 4.40 Å². The molecule has 1 aromatic carbocycles. The molecule has 0 saturated carbocycles. The van der Waals surface area contributed by atoms with Crippen LogP contribution in [0.1, 0.15) is 50.6 Å². The maximum atomic E-state index is 10.5. The summed E-state index contributed by atoms with van der Waals surface area (Å²) in [4.78, 5) is 10.1. The fraction of sp³-hybridized carbons (Fsp3) is 0.429. The van der Waals surface area contributed by atoms with E-state index in [4.69, 9.17) is 0 Å². The monoisotopic (exact) mass is 399 g/mol. The zero-order chi connectivity index (χ0) is 20.1. The third-order valence-corrected chi connectivity index (χ3v) is 5.28. The van der Waals surface area contributed by atoms with Gasteiger partial charge in [-0.25, -0.2) is 9.98 Å². The number of nitrogens with one attached hydrogen (secondary N) is 2. The fourth-order valence-electron chi connectivity index (χ4n) is 2.87. The van der Waals surface area contributed by atoms with E-state index in [2.05, 4.69) is 53.5 Å². The van der Waals surface area contributed by atoms with E-state index in [0.29, 0.717) is 19.0 Å². The normalized spacial score (nSPS) is 13.7. The maximum Gasteiger partial charge on any atom is 0.193 e. The van der Waals surface area contributed by atoms with Crippen LogP contribution in [-0.4, -0.2) is 33.5 Å². The Labute approximate surface area is 170 Å². The number of hydrogen-bond acceptors (Lipinski definition) is 4. The molecule has 1 unspecified atom stereocenters. The van der Waals surface area contributed by atoms with E-state index in [9.17, 15) is 5.11 Å². The Morgan fingerprint density at radius 1 is 1.25 bits per heavy atom. The molecule has 28 heavy (non-hydrogen) atoms. The number of aliphatic imine (C=N–C) groups is 1. The number of aliphatic hydroxyl groups is 1. The van der Waals surface area contributed by atoms with Crippen LogP contribution >= 0.6 is 11.3 Å². The number of imidazole rings is 1. The number of hydrogen-bond donors (Lipinski definition) is 3. The summed E-state index contributed by atoms with van der Waals surface area (Å²) >= 11 is 1.61. The lowest BCUT2D eigenvalue weighted by Crippen LogP contribution is -2.39. The number of rotatable bonds is 6. The van der Waals surface area contributed by atoms with E-state index in [0.717, 1.165) is 22.8 Å². The Kier molecular flexibility index (Phi) is 6.36. The van der Waals surface area contributed by atoms with Crippen molar-refractivity contribution in [2.24, 2.45) is 4.99 Å². The number of thiazole rings is 1. The van der Waals surface area contributed by atoms with Gasteiger partial charge in [0.15, 0.2) is 10.9 Å². The van der Waals surface area contributed by atoms with E-state index >= 15 is 0 Å². The summed E-state index contributed by atoms with van der Waals surface area (Å²) in [5.41, 5.74) is 3.17. The lowest BCUT2D eigenvalue weighted by molar-refractivity contribution is 0.181. The Morgan fingerprint density at radius 2 is 2.00 bits per heavy atom. The second-order valence-electron chi connectivity index (χ2n) is 7.79. The average molecular weight is 400 g/mol. The summed E-state index contributed by atoms with van der Waals surface area (Å²) < 4.78 is 2.00. The SMILES string of the molecule is CCNC(=NCc1cn2ccsc2n1)NCC(O)c1ccc(C(C)(C)C)cc1. The van der Waals surface area contributed by atoms with E-state index in [1.807, 2.05) is 41.2 Å². The van der Waals surface area contributed by atoms with Gasteiger partial charge in [0, 0.05) is 30.9 Å². The molecule has 0 spiro atoms. The molecule has 0 saturated heterocycles. The van der Waals surface area contributed by atoms with Gasteiger partial charge in [0.2, 0.25) is 0 Å². The van der Waals surface area contributed by atoms with E-state index in [1.165, 1.54) is 5.56 Å². The summed E-state index contributed by atoms with van der Waals surface area (Å²) in [5.74, 6) is 0.671. The van der Waals surface area contributed by atoms with Gasteiger partial charge in [-0.1, -0.05) is 45.0 Å². The maximum absolute atomic E-state index is 10.5. The van der Waals surface area contributed by atoms with Gasteiger partial charge in [0.1, 0.15) is 0 Å². The third kappa shape index (κ3) is 5.11. The van der Waals surface area contributed by atoms with Crippen molar-refractivity contribution in [2.75, 3.05) is 13.1 Å². The van der Waals surface area contributed by atoms with Crippen molar-refractivity contribution in [3.05, 3.63) is 58.9 Å². The van der Waals surface area contributed by atoms with Crippen LogP contribution in [0.25, 0.3) is 4.96 Å². The van der Waals surface area contributed by atoms with Gasteiger partial charge in [-0.05, 0) is 23.5 Å². The highest BCUT2D eigenvalue weighted by molar-refractivity contribution is 7.15. The largest absolute Gasteiger partial charge is 0.387 e. The summed E-state index contributed by atoms with van der Waals surface area (Å²) in [6, 6.07) is 8.16. The fourth-order valence-corrected chi connectivity index (χ4v) is 3.59. The highest BCUT2D eigenvalue weighted by Crippen LogP contribution is 2.23. The summed E-state index contributed by atoms with van der Waals surface area (Å²) in [6.07, 6.45) is 3.38. The van der Waals surface area contributed by atoms with Crippen LogP contribution in [0.3, 0.4) is 0 Å². The topological polar surface area (TPSA) is 74.0 Å². The van der Waals surface area contributed by atoms with Gasteiger partial charge in [0.05, 0.1) is 18.3 Å². The van der Waals surface area contributed by atoms with Crippen LogP contribution in [0.4, 0.5) is 0 Å². The standard InChI is InChI=1S/C21H29N5OS/c1-5-22-19(23-12-17-14-26-10-11-28-20(26)25-17)24-13-18(27)15-6-8-16(9-7-15)21(2,3)4/h6-11,14,18,27H,5,12-13H2,1-4H3,(H2,22,23,24). The van der Waals surface area contributed by atoms with Crippen molar-refractivity contribution < 1.29 is 5.11 Å². The van der Waals surface area contributed by atoms with Gasteiger partial charge in [-0.2, -0.15) is 0 Å². The molecular weight excluding hydrogens is 370 g/mol. The Hall–Kier alpha value is -2.38. The van der Waals surface area contributed by atoms with E-state index in [-0.39, 0.29) is 5.41 Å². The van der Waals surface area contributed by atoms with Crippen LogP contribution in [0, 0.1) is 0 Å². The van der Waals surface area contributed by atoms with Crippen molar-refractivity contribution in [3.8, 4) is 0 Å². The highest BCUT2D eigenvalue weighted by atomic mass is 32.1. The summed E-state index contributed by atoms with van der Waals surface area (Å²) in [6.45, 7) is 10.2. The number of fused-ring (bicyclic) bond motifs is 1. The number of aromatic nitrogens is 2.